The topological polar surface area (TPSA) is 37.3 Å². The first-order valence-corrected chi connectivity index (χ1v) is 5.69. The molecule has 1 heterocycles. The third kappa shape index (κ3) is 1.39. The first-order chi connectivity index (χ1) is 6.77. The molecule has 2 nitrogen and oxygen atoms in total. The zero-order valence-electron chi connectivity index (χ0n) is 7.16. The molecule has 0 saturated carbocycles. The fourth-order valence-electron chi connectivity index (χ4n) is 1.42. The largest absolute Gasteiger partial charge is 0.392 e. The van der Waals surface area contributed by atoms with E-state index in [1.807, 2.05) is 11.4 Å². The number of carbonyl (C=O) groups excluding carboxylic acids is 1. The Hall–Kier alpha value is -0.710. The summed E-state index contributed by atoms with van der Waals surface area (Å²) in [6.45, 7) is -0.111. The van der Waals surface area contributed by atoms with Crippen LogP contribution in [0.2, 0.25) is 0 Å². The Bertz CT molecular complexity index is 490. The van der Waals surface area contributed by atoms with Crippen LogP contribution in [0.4, 0.5) is 0 Å². The molecule has 0 radical (unpaired) electrons. The Balaban J connectivity index is 2.88. The Kier molecular flexibility index (Phi) is 2.67. The van der Waals surface area contributed by atoms with Crippen molar-refractivity contribution in [3.8, 4) is 0 Å². The van der Waals surface area contributed by atoms with Crippen molar-refractivity contribution in [2.75, 3.05) is 0 Å². The summed E-state index contributed by atoms with van der Waals surface area (Å²) in [5.41, 5.74) is 1.27. The highest BCUT2D eigenvalue weighted by molar-refractivity contribution is 9.10. The summed E-state index contributed by atoms with van der Waals surface area (Å²) in [4.78, 5) is 10.9. The van der Waals surface area contributed by atoms with Crippen molar-refractivity contribution in [1.29, 1.82) is 0 Å². The van der Waals surface area contributed by atoms with Crippen molar-refractivity contribution in [3.63, 3.8) is 0 Å². The van der Waals surface area contributed by atoms with Gasteiger partial charge in [-0.15, -0.1) is 11.3 Å². The van der Waals surface area contributed by atoms with E-state index >= 15 is 0 Å². The fourth-order valence-corrected chi connectivity index (χ4v) is 3.11. The van der Waals surface area contributed by atoms with Gasteiger partial charge < -0.3 is 5.11 Å². The molecule has 2 rings (SSSR count). The lowest BCUT2D eigenvalue weighted by Gasteiger charge is -2.04. The first kappa shape index (κ1) is 9.83. The third-order valence-corrected chi connectivity index (χ3v) is 3.71. The Morgan fingerprint density at radius 2 is 2.36 bits per heavy atom. The normalized spacial score (nSPS) is 10.7. The van der Waals surface area contributed by atoms with Crippen LogP contribution in [0.3, 0.4) is 0 Å². The van der Waals surface area contributed by atoms with Crippen molar-refractivity contribution in [2.24, 2.45) is 0 Å². The zero-order valence-corrected chi connectivity index (χ0v) is 9.56. The van der Waals surface area contributed by atoms with Crippen LogP contribution in [0.5, 0.6) is 0 Å². The van der Waals surface area contributed by atoms with Gasteiger partial charge in [0.1, 0.15) is 0 Å². The number of hydrogen-bond donors (Lipinski definition) is 1. The smallest absolute Gasteiger partial charge is 0.151 e. The lowest BCUT2D eigenvalue weighted by atomic mass is 10.1. The number of carbonyl (C=O) groups is 1. The van der Waals surface area contributed by atoms with Gasteiger partial charge in [0, 0.05) is 20.1 Å². The lowest BCUT2D eigenvalue weighted by molar-refractivity contribution is 0.112. The van der Waals surface area contributed by atoms with Crippen molar-refractivity contribution >= 4 is 43.6 Å². The molecule has 0 atom stereocenters. The minimum Gasteiger partial charge on any atom is -0.392 e. The van der Waals surface area contributed by atoms with E-state index in [4.69, 9.17) is 5.11 Å². The maximum atomic E-state index is 10.9. The molecular formula is C10H7BrO2S. The maximum absolute atomic E-state index is 10.9. The predicted molar refractivity (Wildman–Crippen MR) is 60.8 cm³/mol. The monoisotopic (exact) mass is 270 g/mol. The number of benzene rings is 1. The lowest BCUT2D eigenvalue weighted by Crippen LogP contribution is -1.92. The van der Waals surface area contributed by atoms with Crippen LogP contribution < -0.4 is 0 Å². The van der Waals surface area contributed by atoms with Gasteiger partial charge in [0.2, 0.25) is 0 Å². The molecule has 2 aromatic rings. The van der Waals surface area contributed by atoms with Crippen LogP contribution in [0.1, 0.15) is 15.9 Å². The Morgan fingerprint density at radius 3 is 3.00 bits per heavy atom. The number of aliphatic hydroxyl groups excluding tert-OH is 1. The van der Waals surface area contributed by atoms with Gasteiger partial charge in [-0.3, -0.25) is 4.79 Å². The van der Waals surface area contributed by atoms with Crippen molar-refractivity contribution in [3.05, 3.63) is 33.1 Å². The maximum Gasteiger partial charge on any atom is 0.151 e. The standard InChI is InChI=1S/C10H7BrO2S/c11-9-3-6(4-12)8(5-13)10-7(9)1-2-14-10/h1-3,5,12H,4H2. The molecule has 14 heavy (non-hydrogen) atoms. The number of aliphatic hydroxyl groups is 1. The summed E-state index contributed by atoms with van der Waals surface area (Å²) >= 11 is 4.92. The van der Waals surface area contributed by atoms with Crippen LogP contribution in [0, 0.1) is 0 Å². The van der Waals surface area contributed by atoms with Crippen molar-refractivity contribution < 1.29 is 9.90 Å². The molecule has 0 aliphatic rings. The summed E-state index contributed by atoms with van der Waals surface area (Å²) < 4.78 is 1.85. The van der Waals surface area contributed by atoms with Crippen molar-refractivity contribution in [1.82, 2.24) is 0 Å². The van der Waals surface area contributed by atoms with Gasteiger partial charge in [-0.25, -0.2) is 0 Å². The molecule has 0 bridgehead atoms. The second-order valence-corrected chi connectivity index (χ2v) is 4.64. The summed E-state index contributed by atoms with van der Waals surface area (Å²) in [6, 6.07) is 3.75. The summed E-state index contributed by atoms with van der Waals surface area (Å²) in [5.74, 6) is 0. The van der Waals surface area contributed by atoms with Crippen LogP contribution in [-0.2, 0) is 6.61 Å². The van der Waals surface area contributed by atoms with Gasteiger partial charge in [-0.05, 0) is 23.1 Å². The summed E-state index contributed by atoms with van der Waals surface area (Å²) in [7, 11) is 0. The van der Waals surface area contributed by atoms with Gasteiger partial charge in [-0.1, -0.05) is 15.9 Å². The average molecular weight is 271 g/mol. The van der Waals surface area contributed by atoms with E-state index in [2.05, 4.69) is 15.9 Å². The van der Waals surface area contributed by atoms with E-state index in [0.717, 1.165) is 20.8 Å². The van der Waals surface area contributed by atoms with Gasteiger partial charge in [-0.2, -0.15) is 0 Å². The zero-order chi connectivity index (χ0) is 10.1. The third-order valence-electron chi connectivity index (χ3n) is 2.10. The molecule has 0 aliphatic carbocycles. The van der Waals surface area contributed by atoms with Gasteiger partial charge >= 0.3 is 0 Å². The summed E-state index contributed by atoms with van der Waals surface area (Å²) in [5, 5.41) is 12.1. The molecule has 0 aliphatic heterocycles. The highest BCUT2D eigenvalue weighted by atomic mass is 79.9. The van der Waals surface area contributed by atoms with Crippen molar-refractivity contribution in [2.45, 2.75) is 6.61 Å². The number of rotatable bonds is 2. The first-order valence-electron chi connectivity index (χ1n) is 4.02. The minimum atomic E-state index is -0.111. The van der Waals surface area contributed by atoms with E-state index in [1.54, 1.807) is 6.07 Å². The quantitative estimate of drug-likeness (QED) is 0.852. The van der Waals surface area contributed by atoms with Crippen LogP contribution in [0.15, 0.2) is 22.0 Å². The van der Waals surface area contributed by atoms with Gasteiger partial charge in [0.15, 0.2) is 6.29 Å². The van der Waals surface area contributed by atoms with E-state index in [1.165, 1.54) is 11.3 Å². The second kappa shape index (κ2) is 3.81. The average Bonchev–Trinajstić information content (AvgIpc) is 2.66. The number of aldehydes is 1. The molecule has 0 fully saturated rings. The molecule has 0 saturated heterocycles. The minimum absolute atomic E-state index is 0.111. The van der Waals surface area contributed by atoms with Gasteiger partial charge in [0.05, 0.1) is 6.61 Å². The molecule has 0 spiro atoms. The van der Waals surface area contributed by atoms with Crippen LogP contribution in [-0.4, -0.2) is 11.4 Å². The van der Waals surface area contributed by atoms with E-state index < -0.39 is 0 Å². The molecule has 72 valence electrons. The molecule has 0 amide bonds. The molecule has 1 aromatic heterocycles. The van der Waals surface area contributed by atoms with Crippen LogP contribution >= 0.6 is 27.3 Å². The van der Waals surface area contributed by atoms with E-state index in [9.17, 15) is 4.79 Å². The highest BCUT2D eigenvalue weighted by Gasteiger charge is 2.10. The number of fused-ring (bicyclic) bond motifs is 1. The molecule has 1 aromatic carbocycles. The fraction of sp³-hybridized carbons (Fsp3) is 0.100. The summed E-state index contributed by atoms with van der Waals surface area (Å²) in [6.07, 6.45) is 0.802. The highest BCUT2D eigenvalue weighted by Crippen LogP contribution is 2.33. The number of hydrogen-bond acceptors (Lipinski definition) is 3. The molecule has 1 N–H and O–H groups in total. The number of thiophene rings is 1. The molecule has 4 heteroatoms. The second-order valence-electron chi connectivity index (χ2n) is 2.87. The SMILES string of the molecule is O=Cc1c(CO)cc(Br)c2ccsc12. The Morgan fingerprint density at radius 1 is 1.57 bits per heavy atom. The molecular weight excluding hydrogens is 264 g/mol. The molecule has 0 unspecified atom stereocenters. The van der Waals surface area contributed by atoms with E-state index in [-0.39, 0.29) is 6.61 Å². The van der Waals surface area contributed by atoms with Crippen LogP contribution in [0.25, 0.3) is 10.1 Å². The van der Waals surface area contributed by atoms with E-state index in [0.29, 0.717) is 11.1 Å². The predicted octanol–water partition coefficient (Wildman–Crippen LogP) is 2.97. The Labute approximate surface area is 93.3 Å². The van der Waals surface area contributed by atoms with Gasteiger partial charge in [0.25, 0.3) is 0 Å². The number of halogens is 1.